The monoisotopic (exact) mass is 322 g/mol. The fourth-order valence-corrected chi connectivity index (χ4v) is 2.73. The van der Waals surface area contributed by atoms with Crippen molar-refractivity contribution in [3.05, 3.63) is 58.6 Å². The van der Waals surface area contributed by atoms with E-state index in [4.69, 9.17) is 23.2 Å². The van der Waals surface area contributed by atoms with Crippen LogP contribution in [0.4, 0.5) is 4.39 Å². The molecule has 0 fully saturated rings. The van der Waals surface area contributed by atoms with E-state index in [1.54, 1.807) is 0 Å². The molecule has 0 radical (unpaired) electrons. The first kappa shape index (κ1) is 14.4. The minimum Gasteiger partial charge on any atom is -0.295 e. The van der Waals surface area contributed by atoms with E-state index >= 15 is 0 Å². The van der Waals surface area contributed by atoms with Crippen LogP contribution < -0.4 is 0 Å². The maximum atomic E-state index is 13.8. The van der Waals surface area contributed by atoms with Gasteiger partial charge < -0.3 is 0 Å². The van der Waals surface area contributed by atoms with Crippen LogP contribution in [0, 0.1) is 12.7 Å². The fourth-order valence-electron chi connectivity index (χ4n) is 2.43. The number of aryl methyl sites for hydroxylation is 1. The highest BCUT2D eigenvalue weighted by molar-refractivity contribution is 6.31. The van der Waals surface area contributed by atoms with Crippen LogP contribution in [0.3, 0.4) is 0 Å². The summed E-state index contributed by atoms with van der Waals surface area (Å²) in [5.74, 6) is 0.204. The quantitative estimate of drug-likeness (QED) is 0.575. The number of benzene rings is 2. The molecule has 2 aromatic carbocycles. The number of hydrogen-bond donors (Lipinski definition) is 0. The molecule has 108 valence electrons. The Hall–Kier alpha value is -1.58. The zero-order chi connectivity index (χ0) is 15.1. The van der Waals surface area contributed by atoms with E-state index in [9.17, 15) is 4.39 Å². The number of fused-ring (bicyclic) bond motifs is 1. The molecule has 5 heteroatoms. The Bertz CT molecular complexity index is 825. The van der Waals surface area contributed by atoms with Crippen LogP contribution in [-0.2, 0) is 0 Å². The van der Waals surface area contributed by atoms with Crippen LogP contribution in [0.5, 0.6) is 0 Å². The Balaban J connectivity index is 2.41. The lowest BCUT2D eigenvalue weighted by atomic mass is 10.2. The van der Waals surface area contributed by atoms with Crippen molar-refractivity contribution in [3.63, 3.8) is 0 Å². The third-order valence-corrected chi connectivity index (χ3v) is 3.92. The molecule has 0 saturated heterocycles. The summed E-state index contributed by atoms with van der Waals surface area (Å²) in [6.07, 6.45) is 0. The predicted molar refractivity (Wildman–Crippen MR) is 85.0 cm³/mol. The SMILES string of the molecule is Cc1ccccc1-n1c(C(C)Cl)nc2cc(Cl)c(F)cc21. The first-order chi connectivity index (χ1) is 9.99. The van der Waals surface area contributed by atoms with Crippen molar-refractivity contribution in [2.75, 3.05) is 0 Å². The van der Waals surface area contributed by atoms with E-state index in [1.807, 2.05) is 42.7 Å². The van der Waals surface area contributed by atoms with Gasteiger partial charge in [0.15, 0.2) is 0 Å². The van der Waals surface area contributed by atoms with Gasteiger partial charge in [0.05, 0.1) is 27.1 Å². The topological polar surface area (TPSA) is 17.8 Å². The zero-order valence-corrected chi connectivity index (χ0v) is 13.1. The van der Waals surface area contributed by atoms with Crippen LogP contribution in [-0.4, -0.2) is 9.55 Å². The Morgan fingerprint density at radius 3 is 2.62 bits per heavy atom. The molecule has 1 heterocycles. The Labute approximate surface area is 132 Å². The molecule has 1 aromatic heterocycles. The number of hydrogen-bond acceptors (Lipinski definition) is 1. The van der Waals surface area contributed by atoms with Crippen molar-refractivity contribution >= 4 is 34.2 Å². The normalized spacial score (nSPS) is 12.8. The number of nitrogens with zero attached hydrogens (tertiary/aromatic N) is 2. The van der Waals surface area contributed by atoms with Crippen LogP contribution in [0.1, 0.15) is 23.7 Å². The van der Waals surface area contributed by atoms with Crippen LogP contribution in [0.25, 0.3) is 16.7 Å². The van der Waals surface area contributed by atoms with E-state index in [0.29, 0.717) is 16.9 Å². The zero-order valence-electron chi connectivity index (χ0n) is 11.6. The fraction of sp³-hybridized carbons (Fsp3) is 0.188. The van der Waals surface area contributed by atoms with Gasteiger partial charge in [-0.2, -0.15) is 0 Å². The molecule has 0 saturated carbocycles. The summed E-state index contributed by atoms with van der Waals surface area (Å²) in [7, 11) is 0. The summed E-state index contributed by atoms with van der Waals surface area (Å²) in [6.45, 7) is 3.84. The van der Waals surface area contributed by atoms with Gasteiger partial charge in [0, 0.05) is 6.07 Å². The minimum absolute atomic E-state index is 0.0608. The van der Waals surface area contributed by atoms with Gasteiger partial charge in [0.2, 0.25) is 0 Å². The maximum absolute atomic E-state index is 13.8. The van der Waals surface area contributed by atoms with E-state index in [2.05, 4.69) is 4.98 Å². The first-order valence-corrected chi connectivity index (χ1v) is 7.38. The molecule has 1 atom stereocenters. The lowest BCUT2D eigenvalue weighted by Crippen LogP contribution is -2.03. The molecule has 21 heavy (non-hydrogen) atoms. The highest BCUT2D eigenvalue weighted by Gasteiger charge is 2.19. The Morgan fingerprint density at radius 2 is 1.95 bits per heavy atom. The van der Waals surface area contributed by atoms with Crippen molar-refractivity contribution in [2.45, 2.75) is 19.2 Å². The number of rotatable bonds is 2. The molecule has 3 rings (SSSR count). The van der Waals surface area contributed by atoms with Crippen molar-refractivity contribution in [2.24, 2.45) is 0 Å². The van der Waals surface area contributed by atoms with Gasteiger partial charge in [0.25, 0.3) is 0 Å². The molecule has 2 nitrogen and oxygen atoms in total. The van der Waals surface area contributed by atoms with Gasteiger partial charge >= 0.3 is 0 Å². The minimum atomic E-state index is -0.465. The second-order valence-electron chi connectivity index (χ2n) is 4.96. The molecule has 0 bridgehead atoms. The summed E-state index contributed by atoms with van der Waals surface area (Å²) >= 11 is 12.1. The van der Waals surface area contributed by atoms with Crippen molar-refractivity contribution < 1.29 is 4.39 Å². The van der Waals surface area contributed by atoms with Crippen LogP contribution in [0.2, 0.25) is 5.02 Å². The van der Waals surface area contributed by atoms with Gasteiger partial charge in [0.1, 0.15) is 11.6 Å². The average Bonchev–Trinajstić information content (AvgIpc) is 2.78. The van der Waals surface area contributed by atoms with Crippen LogP contribution >= 0.6 is 23.2 Å². The standard InChI is InChI=1S/C16H13Cl2FN2/c1-9-5-3-4-6-14(9)21-15-8-12(19)11(18)7-13(15)20-16(21)10(2)17/h3-8,10H,1-2H3. The lowest BCUT2D eigenvalue weighted by molar-refractivity contribution is 0.629. The Kier molecular flexibility index (Phi) is 3.64. The van der Waals surface area contributed by atoms with Gasteiger partial charge in [-0.3, -0.25) is 4.57 Å². The van der Waals surface area contributed by atoms with E-state index < -0.39 is 5.82 Å². The number of aromatic nitrogens is 2. The number of halogens is 3. The number of para-hydroxylation sites is 1. The number of alkyl halides is 1. The van der Waals surface area contributed by atoms with Gasteiger partial charge in [-0.25, -0.2) is 9.37 Å². The lowest BCUT2D eigenvalue weighted by Gasteiger charge is -2.13. The highest BCUT2D eigenvalue weighted by atomic mass is 35.5. The van der Waals surface area contributed by atoms with Gasteiger partial charge in [-0.1, -0.05) is 29.8 Å². The average molecular weight is 323 g/mol. The summed E-state index contributed by atoms with van der Waals surface area (Å²) < 4.78 is 15.7. The van der Waals surface area contributed by atoms with E-state index in [1.165, 1.54) is 12.1 Å². The summed E-state index contributed by atoms with van der Waals surface area (Å²) in [5, 5.41) is -0.246. The van der Waals surface area contributed by atoms with Crippen molar-refractivity contribution in [3.8, 4) is 5.69 Å². The first-order valence-electron chi connectivity index (χ1n) is 6.56. The number of imidazole rings is 1. The molecule has 0 aliphatic rings. The molecule has 0 amide bonds. The molecule has 0 aliphatic heterocycles. The third-order valence-electron chi connectivity index (χ3n) is 3.43. The molecular formula is C16H13Cl2FN2. The molecule has 0 N–H and O–H groups in total. The summed E-state index contributed by atoms with van der Waals surface area (Å²) in [4.78, 5) is 4.51. The van der Waals surface area contributed by atoms with Gasteiger partial charge in [-0.15, -0.1) is 11.6 Å². The van der Waals surface area contributed by atoms with Crippen molar-refractivity contribution in [1.29, 1.82) is 0 Å². The second kappa shape index (κ2) is 5.32. The van der Waals surface area contributed by atoms with E-state index in [-0.39, 0.29) is 10.4 Å². The highest BCUT2D eigenvalue weighted by Crippen LogP contribution is 2.31. The third kappa shape index (κ3) is 2.41. The molecule has 0 aliphatic carbocycles. The largest absolute Gasteiger partial charge is 0.295 e. The predicted octanol–water partition coefficient (Wildman–Crippen LogP) is 5.43. The molecule has 1 unspecified atom stereocenters. The molecule has 0 spiro atoms. The van der Waals surface area contributed by atoms with Crippen molar-refractivity contribution in [1.82, 2.24) is 9.55 Å². The summed E-state index contributed by atoms with van der Waals surface area (Å²) in [6, 6.07) is 10.8. The smallest absolute Gasteiger partial charge is 0.144 e. The van der Waals surface area contributed by atoms with Crippen LogP contribution in [0.15, 0.2) is 36.4 Å². The molecular weight excluding hydrogens is 310 g/mol. The maximum Gasteiger partial charge on any atom is 0.144 e. The second-order valence-corrected chi connectivity index (χ2v) is 6.02. The van der Waals surface area contributed by atoms with E-state index in [0.717, 1.165) is 11.3 Å². The summed E-state index contributed by atoms with van der Waals surface area (Å²) in [5.41, 5.74) is 3.29. The van der Waals surface area contributed by atoms with Gasteiger partial charge in [-0.05, 0) is 31.5 Å². The molecule has 3 aromatic rings. The Morgan fingerprint density at radius 1 is 1.24 bits per heavy atom.